The van der Waals surface area contributed by atoms with Crippen molar-refractivity contribution in [3.05, 3.63) is 53.1 Å². The summed E-state index contributed by atoms with van der Waals surface area (Å²) in [6.07, 6.45) is 3.00. The number of fused-ring (bicyclic) bond motifs is 1. The average Bonchev–Trinajstić information content (AvgIpc) is 2.75. The van der Waals surface area contributed by atoms with Crippen LogP contribution in [0.3, 0.4) is 0 Å². The predicted octanol–water partition coefficient (Wildman–Crippen LogP) is 1.28. The SMILES string of the molecule is O=C(NCCN1Cc2cc(Cl)ccc2OCC1=O)c1ncccn1. The van der Waals surface area contributed by atoms with Gasteiger partial charge in [0.05, 0.1) is 0 Å². The minimum Gasteiger partial charge on any atom is -0.483 e. The standard InChI is InChI=1S/C16H15ClN4O3/c17-12-2-3-13-11(8-12)9-21(14(22)10-24-13)7-6-20-16(23)15-18-4-1-5-19-15/h1-5,8H,6-7,9-10H2,(H,20,23). The highest BCUT2D eigenvalue weighted by atomic mass is 35.5. The Morgan fingerprint density at radius 1 is 1.33 bits per heavy atom. The first-order valence-corrected chi connectivity index (χ1v) is 7.75. The quantitative estimate of drug-likeness (QED) is 0.901. The van der Waals surface area contributed by atoms with Crippen molar-refractivity contribution >= 4 is 23.4 Å². The molecule has 1 aliphatic rings. The van der Waals surface area contributed by atoms with Crippen molar-refractivity contribution < 1.29 is 14.3 Å². The Morgan fingerprint density at radius 2 is 2.12 bits per heavy atom. The molecule has 7 nitrogen and oxygen atoms in total. The zero-order valence-electron chi connectivity index (χ0n) is 12.7. The number of rotatable bonds is 4. The van der Waals surface area contributed by atoms with Gasteiger partial charge in [0.2, 0.25) is 5.82 Å². The van der Waals surface area contributed by atoms with Gasteiger partial charge in [0.1, 0.15) is 5.75 Å². The van der Waals surface area contributed by atoms with Gasteiger partial charge in [0.25, 0.3) is 11.8 Å². The summed E-state index contributed by atoms with van der Waals surface area (Å²) in [5.41, 5.74) is 0.839. The molecule has 24 heavy (non-hydrogen) atoms. The Balaban J connectivity index is 1.60. The molecule has 2 aromatic rings. The van der Waals surface area contributed by atoms with E-state index in [9.17, 15) is 9.59 Å². The molecule has 1 N–H and O–H groups in total. The third-order valence-electron chi connectivity index (χ3n) is 3.52. The largest absolute Gasteiger partial charge is 0.483 e. The van der Waals surface area contributed by atoms with Crippen LogP contribution in [0.5, 0.6) is 5.75 Å². The number of aromatic nitrogens is 2. The number of nitrogens with one attached hydrogen (secondary N) is 1. The Bertz CT molecular complexity index is 754. The third kappa shape index (κ3) is 3.80. The van der Waals surface area contributed by atoms with Crippen molar-refractivity contribution in [2.24, 2.45) is 0 Å². The van der Waals surface area contributed by atoms with Gasteiger partial charge in [-0.3, -0.25) is 9.59 Å². The van der Waals surface area contributed by atoms with Crippen LogP contribution in [0.2, 0.25) is 5.02 Å². The second-order valence-corrected chi connectivity index (χ2v) is 5.62. The van der Waals surface area contributed by atoms with Gasteiger partial charge >= 0.3 is 0 Å². The molecule has 0 bridgehead atoms. The number of carbonyl (C=O) groups excluding carboxylic acids is 2. The van der Waals surface area contributed by atoms with Crippen molar-refractivity contribution in [2.45, 2.75) is 6.54 Å². The van der Waals surface area contributed by atoms with E-state index in [1.165, 1.54) is 12.4 Å². The van der Waals surface area contributed by atoms with Crippen LogP contribution in [0.25, 0.3) is 0 Å². The molecule has 0 unspecified atom stereocenters. The molecule has 3 rings (SSSR count). The lowest BCUT2D eigenvalue weighted by atomic mass is 10.2. The summed E-state index contributed by atoms with van der Waals surface area (Å²) in [5, 5.41) is 3.28. The second kappa shape index (κ2) is 7.27. The summed E-state index contributed by atoms with van der Waals surface area (Å²) in [4.78, 5) is 33.4. The van der Waals surface area contributed by atoms with Crippen LogP contribution in [0, 0.1) is 0 Å². The monoisotopic (exact) mass is 346 g/mol. The third-order valence-corrected chi connectivity index (χ3v) is 3.76. The lowest BCUT2D eigenvalue weighted by molar-refractivity contribution is -0.133. The number of amides is 2. The molecular formula is C16H15ClN4O3. The van der Waals surface area contributed by atoms with Gasteiger partial charge in [-0.15, -0.1) is 0 Å². The fraction of sp³-hybridized carbons (Fsp3) is 0.250. The number of benzene rings is 1. The molecular weight excluding hydrogens is 332 g/mol. The summed E-state index contributed by atoms with van der Waals surface area (Å²) in [6.45, 7) is 0.988. The van der Waals surface area contributed by atoms with E-state index in [1.807, 2.05) is 0 Å². The maximum atomic E-state index is 12.1. The lowest BCUT2D eigenvalue weighted by Crippen LogP contribution is -2.39. The molecule has 0 saturated carbocycles. The number of hydrogen-bond donors (Lipinski definition) is 1. The minimum atomic E-state index is -0.377. The van der Waals surface area contributed by atoms with E-state index in [1.54, 1.807) is 29.2 Å². The van der Waals surface area contributed by atoms with E-state index >= 15 is 0 Å². The van der Waals surface area contributed by atoms with Gasteiger partial charge in [0.15, 0.2) is 6.61 Å². The Labute approximate surface area is 143 Å². The van der Waals surface area contributed by atoms with E-state index in [-0.39, 0.29) is 24.2 Å². The highest BCUT2D eigenvalue weighted by molar-refractivity contribution is 6.30. The normalized spacial score (nSPS) is 13.7. The molecule has 1 aromatic heterocycles. The molecule has 0 spiro atoms. The molecule has 124 valence electrons. The van der Waals surface area contributed by atoms with Gasteiger partial charge in [-0.25, -0.2) is 9.97 Å². The van der Waals surface area contributed by atoms with Gasteiger partial charge in [0, 0.05) is 42.6 Å². The number of hydrogen-bond acceptors (Lipinski definition) is 5. The highest BCUT2D eigenvalue weighted by Crippen LogP contribution is 2.26. The van der Waals surface area contributed by atoms with Crippen molar-refractivity contribution in [3.8, 4) is 5.75 Å². The number of nitrogens with zero attached hydrogens (tertiary/aromatic N) is 3. The van der Waals surface area contributed by atoms with Crippen LogP contribution in [0.1, 0.15) is 16.2 Å². The average molecular weight is 347 g/mol. The molecule has 0 aliphatic carbocycles. The van der Waals surface area contributed by atoms with Crippen LogP contribution in [-0.4, -0.2) is 46.4 Å². The fourth-order valence-electron chi connectivity index (χ4n) is 2.34. The summed E-state index contributed by atoms with van der Waals surface area (Å²) in [6, 6.07) is 6.89. The smallest absolute Gasteiger partial charge is 0.289 e. The zero-order valence-corrected chi connectivity index (χ0v) is 13.5. The molecule has 2 heterocycles. The topological polar surface area (TPSA) is 84.4 Å². The van der Waals surface area contributed by atoms with Gasteiger partial charge in [-0.05, 0) is 24.3 Å². The highest BCUT2D eigenvalue weighted by Gasteiger charge is 2.21. The first-order valence-electron chi connectivity index (χ1n) is 7.38. The molecule has 0 fully saturated rings. The Morgan fingerprint density at radius 3 is 2.92 bits per heavy atom. The van der Waals surface area contributed by atoms with Crippen molar-refractivity contribution in [1.82, 2.24) is 20.2 Å². The van der Waals surface area contributed by atoms with Crippen LogP contribution in [-0.2, 0) is 11.3 Å². The summed E-state index contributed by atoms with van der Waals surface area (Å²) < 4.78 is 5.49. The van der Waals surface area contributed by atoms with E-state index in [2.05, 4.69) is 15.3 Å². The summed E-state index contributed by atoms with van der Waals surface area (Å²) >= 11 is 6.00. The molecule has 0 saturated heterocycles. The molecule has 8 heteroatoms. The van der Waals surface area contributed by atoms with Crippen molar-refractivity contribution in [2.75, 3.05) is 19.7 Å². The van der Waals surface area contributed by atoms with Crippen LogP contribution in [0.15, 0.2) is 36.7 Å². The lowest BCUT2D eigenvalue weighted by Gasteiger charge is -2.20. The summed E-state index contributed by atoms with van der Waals surface area (Å²) in [7, 11) is 0. The summed E-state index contributed by atoms with van der Waals surface area (Å²) in [5.74, 6) is 0.224. The zero-order chi connectivity index (χ0) is 16.9. The molecule has 0 radical (unpaired) electrons. The van der Waals surface area contributed by atoms with Crippen LogP contribution >= 0.6 is 11.6 Å². The van der Waals surface area contributed by atoms with Crippen molar-refractivity contribution in [3.63, 3.8) is 0 Å². The second-order valence-electron chi connectivity index (χ2n) is 5.18. The fourth-order valence-corrected chi connectivity index (χ4v) is 2.54. The van der Waals surface area contributed by atoms with Gasteiger partial charge in [-0.1, -0.05) is 11.6 Å². The van der Waals surface area contributed by atoms with Crippen LogP contribution < -0.4 is 10.1 Å². The molecule has 0 atom stereocenters. The van der Waals surface area contributed by atoms with E-state index in [4.69, 9.17) is 16.3 Å². The molecule has 1 aliphatic heterocycles. The van der Waals surface area contributed by atoms with Gasteiger partial charge < -0.3 is 15.0 Å². The maximum absolute atomic E-state index is 12.1. The Kier molecular flexibility index (Phi) is 4.90. The van der Waals surface area contributed by atoms with Gasteiger partial charge in [-0.2, -0.15) is 0 Å². The maximum Gasteiger partial charge on any atom is 0.289 e. The van der Waals surface area contributed by atoms with Crippen LogP contribution in [0.4, 0.5) is 0 Å². The minimum absolute atomic E-state index is 0.0373. The van der Waals surface area contributed by atoms with E-state index in [0.717, 1.165) is 5.56 Å². The first kappa shape index (κ1) is 16.2. The van der Waals surface area contributed by atoms with Crippen molar-refractivity contribution in [1.29, 1.82) is 0 Å². The first-order chi connectivity index (χ1) is 11.6. The number of carbonyl (C=O) groups is 2. The molecule has 2 amide bonds. The number of ether oxygens (including phenoxy) is 1. The molecule has 1 aromatic carbocycles. The van der Waals surface area contributed by atoms with E-state index in [0.29, 0.717) is 30.4 Å². The Hall–Kier alpha value is -2.67. The van der Waals surface area contributed by atoms with E-state index < -0.39 is 0 Å². The number of halogens is 1. The predicted molar refractivity (Wildman–Crippen MR) is 86.7 cm³/mol.